The van der Waals surface area contributed by atoms with Gasteiger partial charge in [0.25, 0.3) is 0 Å². The zero-order valence-electron chi connectivity index (χ0n) is 14.2. The van der Waals surface area contributed by atoms with Crippen molar-refractivity contribution in [2.45, 2.75) is 44.6 Å². The van der Waals surface area contributed by atoms with Crippen LogP contribution in [0.5, 0.6) is 0 Å². The third-order valence-corrected chi connectivity index (χ3v) is 5.79. The van der Waals surface area contributed by atoms with Gasteiger partial charge in [-0.2, -0.15) is 0 Å². The topological polar surface area (TPSA) is 107 Å². The van der Waals surface area contributed by atoms with Crippen molar-refractivity contribution in [1.82, 2.24) is 10.2 Å². The van der Waals surface area contributed by atoms with Gasteiger partial charge in [-0.05, 0) is 13.3 Å². The second kappa shape index (κ2) is 9.33. The molecule has 9 heteroatoms. The van der Waals surface area contributed by atoms with Crippen molar-refractivity contribution in [3.63, 3.8) is 0 Å². The fourth-order valence-electron chi connectivity index (χ4n) is 3.18. The Hall–Kier alpha value is -0.410. The molecule has 1 aliphatic carbocycles. The van der Waals surface area contributed by atoms with Crippen LogP contribution in [0.2, 0.25) is 0 Å². The third kappa shape index (κ3) is 5.05. The fraction of sp³-hybridized carbons (Fsp3) is 0.733. The molecular formula is C15H21N2NaO5S. The Morgan fingerprint density at radius 1 is 1.33 bits per heavy atom. The Labute approximate surface area is 167 Å². The molecule has 0 aromatic rings. The zero-order valence-corrected chi connectivity index (χ0v) is 17.1. The minimum Gasteiger partial charge on any atom is -0.550 e. The fourth-order valence-corrected chi connectivity index (χ4v) is 4.50. The predicted octanol–water partition coefficient (Wildman–Crippen LogP) is -3.85. The van der Waals surface area contributed by atoms with Crippen molar-refractivity contribution < 1.29 is 53.8 Å². The van der Waals surface area contributed by atoms with Crippen LogP contribution in [0.3, 0.4) is 0 Å². The van der Waals surface area contributed by atoms with Gasteiger partial charge in [-0.15, -0.1) is 11.8 Å². The number of nitrogens with one attached hydrogen (secondary N) is 1. The van der Waals surface area contributed by atoms with E-state index >= 15 is 0 Å². The van der Waals surface area contributed by atoms with Crippen LogP contribution in [0.25, 0.3) is 0 Å². The predicted molar refractivity (Wildman–Crippen MR) is 82.1 cm³/mol. The summed E-state index contributed by atoms with van der Waals surface area (Å²) in [6.07, 6.45) is 0.373. The molecule has 0 bridgehead atoms. The van der Waals surface area contributed by atoms with E-state index in [1.54, 1.807) is 0 Å². The number of carbonyl (C=O) groups is 4. The molecule has 1 saturated heterocycles. The summed E-state index contributed by atoms with van der Waals surface area (Å²) in [5, 5.41) is 13.6. The van der Waals surface area contributed by atoms with Crippen LogP contribution in [0.4, 0.5) is 0 Å². The molecule has 24 heavy (non-hydrogen) atoms. The summed E-state index contributed by atoms with van der Waals surface area (Å²) >= 11 is 1.44. The number of Topliss-reactive ketones (excluding diaryl/α,β-unsaturated/α-hetero) is 2. The second-order valence-electron chi connectivity index (χ2n) is 6.03. The molecule has 2 unspecified atom stereocenters. The monoisotopic (exact) mass is 364 g/mol. The summed E-state index contributed by atoms with van der Waals surface area (Å²) in [5.74, 6) is -2.35. The van der Waals surface area contributed by atoms with Gasteiger partial charge >= 0.3 is 29.6 Å². The molecular weight excluding hydrogens is 343 g/mol. The summed E-state index contributed by atoms with van der Waals surface area (Å²) in [6.45, 7) is 3.80. The minimum absolute atomic E-state index is 0. The van der Waals surface area contributed by atoms with Gasteiger partial charge in [0.15, 0.2) is 5.78 Å². The molecule has 1 heterocycles. The number of thioether (sulfide) groups is 1. The summed E-state index contributed by atoms with van der Waals surface area (Å²) < 4.78 is 0. The van der Waals surface area contributed by atoms with E-state index in [1.165, 1.54) is 18.7 Å². The van der Waals surface area contributed by atoms with E-state index in [9.17, 15) is 24.3 Å². The molecule has 1 aliphatic heterocycles. The molecule has 4 atom stereocenters. The number of carboxylic acid groups (broad SMARTS) is 1. The molecule has 0 spiro atoms. The molecule has 128 valence electrons. The molecule has 0 aromatic heterocycles. The summed E-state index contributed by atoms with van der Waals surface area (Å²) in [7, 11) is 0. The van der Waals surface area contributed by atoms with E-state index in [1.807, 2.05) is 11.8 Å². The molecule has 2 aliphatic rings. The maximum atomic E-state index is 11.9. The first-order valence-electron chi connectivity index (χ1n) is 7.72. The molecule has 1 amide bonds. The first-order chi connectivity index (χ1) is 10.8. The van der Waals surface area contributed by atoms with Crippen LogP contribution in [0.1, 0.15) is 33.1 Å². The maximum Gasteiger partial charge on any atom is 1.00 e. The van der Waals surface area contributed by atoms with Crippen molar-refractivity contribution in [3.8, 4) is 0 Å². The third-order valence-electron chi connectivity index (χ3n) is 4.48. The van der Waals surface area contributed by atoms with Crippen molar-refractivity contribution >= 4 is 35.2 Å². The average Bonchev–Trinajstić information content (AvgIpc) is 3.00. The number of nitrogens with zero attached hydrogens (tertiary/aromatic N) is 1. The smallest absolute Gasteiger partial charge is 0.550 e. The van der Waals surface area contributed by atoms with Gasteiger partial charge in [-0.1, -0.05) is 0 Å². The van der Waals surface area contributed by atoms with Crippen molar-refractivity contribution in [3.05, 3.63) is 0 Å². The number of carbonyl (C=O) groups excluding carboxylic acids is 4. The van der Waals surface area contributed by atoms with E-state index in [-0.39, 0.29) is 58.8 Å². The van der Waals surface area contributed by atoms with Gasteiger partial charge in [0.2, 0.25) is 5.91 Å². The summed E-state index contributed by atoms with van der Waals surface area (Å²) in [6, 6.07) is 0. The number of hydrogen-bond acceptors (Lipinski definition) is 7. The maximum absolute atomic E-state index is 11.9. The Morgan fingerprint density at radius 2 is 2.00 bits per heavy atom. The summed E-state index contributed by atoms with van der Waals surface area (Å²) in [5.41, 5.74) is 0. The van der Waals surface area contributed by atoms with Gasteiger partial charge in [0.05, 0.1) is 5.37 Å². The Kier molecular flexibility index (Phi) is 8.41. The number of ketones is 2. The molecule has 1 saturated carbocycles. The van der Waals surface area contributed by atoms with Crippen LogP contribution in [0, 0.1) is 11.8 Å². The van der Waals surface area contributed by atoms with Crippen LogP contribution in [0.15, 0.2) is 0 Å². The molecule has 0 radical (unpaired) electrons. The minimum atomic E-state index is -1.17. The molecule has 0 aromatic carbocycles. The number of hydrogen-bond donors (Lipinski definition) is 1. The van der Waals surface area contributed by atoms with Gasteiger partial charge in [0, 0.05) is 49.9 Å². The number of aliphatic carboxylic acids is 1. The van der Waals surface area contributed by atoms with Crippen molar-refractivity contribution in [1.29, 1.82) is 0 Å². The normalized spacial score (nSPS) is 28.5. The van der Waals surface area contributed by atoms with Gasteiger partial charge in [-0.25, -0.2) is 0 Å². The van der Waals surface area contributed by atoms with Crippen LogP contribution >= 0.6 is 11.8 Å². The van der Waals surface area contributed by atoms with Crippen LogP contribution in [-0.2, 0) is 19.2 Å². The molecule has 1 N–H and O–H groups in total. The van der Waals surface area contributed by atoms with E-state index in [2.05, 4.69) is 5.32 Å². The van der Waals surface area contributed by atoms with E-state index in [0.29, 0.717) is 25.1 Å². The summed E-state index contributed by atoms with van der Waals surface area (Å²) in [4.78, 5) is 47.9. The quantitative estimate of drug-likeness (QED) is 0.481. The standard InChI is InChI=1S/C15H22N2O5S.Na/c1-8(18)16-14-13(20)5-6-17(14)9(2)23-7-11-10(15(21)22)3-4-12(11)19;/h9-11,14H,3-7H2,1-2H3,(H,16,18)(H,21,22);/q;+1/p-1/t9-,10?,11?,14-;/m1./s1. The first-order valence-corrected chi connectivity index (χ1v) is 8.77. The number of amides is 1. The molecule has 2 fully saturated rings. The number of likely N-dealkylation sites (tertiary alicyclic amines) is 1. The number of rotatable bonds is 6. The second-order valence-corrected chi connectivity index (χ2v) is 7.38. The largest absolute Gasteiger partial charge is 1.00 e. The van der Waals surface area contributed by atoms with E-state index in [0.717, 1.165) is 0 Å². The molecule has 7 nitrogen and oxygen atoms in total. The van der Waals surface area contributed by atoms with E-state index < -0.39 is 24.0 Å². The van der Waals surface area contributed by atoms with Crippen molar-refractivity contribution in [2.75, 3.05) is 12.3 Å². The van der Waals surface area contributed by atoms with E-state index in [4.69, 9.17) is 0 Å². The SMILES string of the molecule is CC(=O)N[C@H]1C(=O)CCN1[C@@H](C)SCC1C(=O)CCC1C(=O)[O-].[Na+]. The van der Waals surface area contributed by atoms with Crippen molar-refractivity contribution in [2.24, 2.45) is 11.8 Å². The Morgan fingerprint density at radius 3 is 2.58 bits per heavy atom. The van der Waals surface area contributed by atoms with Gasteiger partial charge in [-0.3, -0.25) is 19.3 Å². The van der Waals surface area contributed by atoms with Gasteiger partial charge < -0.3 is 15.2 Å². The number of carboxylic acids is 1. The molecule has 2 rings (SSSR count). The van der Waals surface area contributed by atoms with Crippen LogP contribution < -0.4 is 40.0 Å². The Balaban J connectivity index is 0.00000288. The van der Waals surface area contributed by atoms with Crippen LogP contribution in [-0.4, -0.2) is 52.2 Å². The zero-order chi connectivity index (χ0) is 17.1. The first kappa shape index (κ1) is 21.6. The average molecular weight is 364 g/mol. The Bertz CT molecular complexity index is 530. The van der Waals surface area contributed by atoms with Gasteiger partial charge in [0.1, 0.15) is 11.9 Å².